The van der Waals surface area contributed by atoms with E-state index in [1.54, 1.807) is 0 Å². The summed E-state index contributed by atoms with van der Waals surface area (Å²) in [5.74, 6) is -0.103. The standard InChI is InChI=1S/C11H17NO4/c13-8-12(9-14)7-10(15)4-5-11-3-1-2-6-16-11/h8-9,11H,1-7H2. The van der Waals surface area contributed by atoms with Crippen LogP contribution in [0.3, 0.4) is 0 Å². The molecule has 0 N–H and O–H groups in total. The first-order valence-electron chi connectivity index (χ1n) is 5.56. The topological polar surface area (TPSA) is 63.7 Å². The Kier molecular flexibility index (Phi) is 5.71. The highest BCUT2D eigenvalue weighted by atomic mass is 16.5. The molecular weight excluding hydrogens is 210 g/mol. The second kappa shape index (κ2) is 7.11. The SMILES string of the molecule is O=CN(C=O)CC(=O)CCC1CCCCO1. The van der Waals surface area contributed by atoms with Gasteiger partial charge < -0.3 is 4.74 Å². The smallest absolute Gasteiger partial charge is 0.216 e. The quantitative estimate of drug-likeness (QED) is 0.595. The van der Waals surface area contributed by atoms with Crippen molar-refractivity contribution in [1.29, 1.82) is 0 Å². The summed E-state index contributed by atoms with van der Waals surface area (Å²) in [6, 6.07) is 0. The molecule has 1 atom stereocenters. The molecular formula is C11H17NO4. The molecule has 0 aliphatic carbocycles. The van der Waals surface area contributed by atoms with Gasteiger partial charge in [0.25, 0.3) is 0 Å². The molecule has 1 saturated heterocycles. The number of imide groups is 1. The van der Waals surface area contributed by atoms with E-state index in [0.717, 1.165) is 30.8 Å². The fourth-order valence-corrected chi connectivity index (χ4v) is 1.74. The largest absolute Gasteiger partial charge is 0.378 e. The fraction of sp³-hybridized carbons (Fsp3) is 0.727. The fourth-order valence-electron chi connectivity index (χ4n) is 1.74. The minimum atomic E-state index is -0.125. The Morgan fingerprint density at radius 2 is 2.06 bits per heavy atom. The molecule has 1 fully saturated rings. The lowest BCUT2D eigenvalue weighted by Crippen LogP contribution is -2.28. The number of nitrogens with zero attached hydrogens (tertiary/aromatic N) is 1. The molecule has 1 aliphatic heterocycles. The Hall–Kier alpha value is -1.23. The summed E-state index contributed by atoms with van der Waals surface area (Å²) < 4.78 is 5.48. The van der Waals surface area contributed by atoms with Gasteiger partial charge in [0.15, 0.2) is 5.78 Å². The number of Topliss-reactive ketones (excluding diaryl/α,β-unsaturated/α-hetero) is 1. The zero-order valence-electron chi connectivity index (χ0n) is 9.26. The third-order valence-electron chi connectivity index (χ3n) is 2.65. The average Bonchev–Trinajstić information content (AvgIpc) is 2.34. The highest BCUT2D eigenvalue weighted by Crippen LogP contribution is 2.16. The Labute approximate surface area is 94.7 Å². The summed E-state index contributed by atoms with van der Waals surface area (Å²) in [5.41, 5.74) is 0. The maximum Gasteiger partial charge on any atom is 0.216 e. The Bertz CT molecular complexity index is 240. The van der Waals surface area contributed by atoms with Gasteiger partial charge in [-0.2, -0.15) is 0 Å². The van der Waals surface area contributed by atoms with E-state index < -0.39 is 0 Å². The van der Waals surface area contributed by atoms with E-state index in [4.69, 9.17) is 4.74 Å². The molecule has 0 bridgehead atoms. The van der Waals surface area contributed by atoms with Crippen LogP contribution in [-0.4, -0.2) is 42.8 Å². The molecule has 1 heterocycles. The Balaban J connectivity index is 2.18. The van der Waals surface area contributed by atoms with E-state index in [0.29, 0.717) is 25.7 Å². The van der Waals surface area contributed by atoms with E-state index >= 15 is 0 Å². The average molecular weight is 227 g/mol. The highest BCUT2D eigenvalue weighted by molar-refractivity contribution is 5.85. The minimum absolute atomic E-state index is 0.103. The Morgan fingerprint density at radius 3 is 2.62 bits per heavy atom. The van der Waals surface area contributed by atoms with Gasteiger partial charge in [-0.3, -0.25) is 19.3 Å². The van der Waals surface area contributed by atoms with Crippen LogP contribution in [0.15, 0.2) is 0 Å². The molecule has 5 heteroatoms. The molecule has 5 nitrogen and oxygen atoms in total. The van der Waals surface area contributed by atoms with Crippen LogP contribution in [0.4, 0.5) is 0 Å². The first-order valence-corrected chi connectivity index (χ1v) is 5.56. The summed E-state index contributed by atoms with van der Waals surface area (Å²) in [4.78, 5) is 32.8. The second-order valence-corrected chi connectivity index (χ2v) is 3.95. The van der Waals surface area contributed by atoms with Gasteiger partial charge in [0.1, 0.15) is 0 Å². The summed E-state index contributed by atoms with van der Waals surface area (Å²) in [6.45, 7) is 0.646. The number of hydrogen-bond donors (Lipinski definition) is 0. The van der Waals surface area contributed by atoms with Crippen molar-refractivity contribution >= 4 is 18.6 Å². The van der Waals surface area contributed by atoms with Crippen LogP contribution in [0, 0.1) is 0 Å². The first kappa shape index (κ1) is 12.8. The summed E-state index contributed by atoms with van der Waals surface area (Å²) >= 11 is 0. The lowest BCUT2D eigenvalue weighted by molar-refractivity contribution is -0.134. The molecule has 0 aromatic carbocycles. The maximum absolute atomic E-state index is 11.4. The van der Waals surface area contributed by atoms with Gasteiger partial charge in [-0.05, 0) is 25.7 Å². The number of amides is 2. The van der Waals surface area contributed by atoms with Crippen LogP contribution in [-0.2, 0) is 19.1 Å². The number of ether oxygens (including phenoxy) is 1. The highest BCUT2D eigenvalue weighted by Gasteiger charge is 2.16. The van der Waals surface area contributed by atoms with E-state index in [1.807, 2.05) is 0 Å². The molecule has 0 spiro atoms. The minimum Gasteiger partial charge on any atom is -0.378 e. The molecule has 16 heavy (non-hydrogen) atoms. The van der Waals surface area contributed by atoms with Gasteiger partial charge in [0.05, 0.1) is 12.6 Å². The normalized spacial score (nSPS) is 20.1. The van der Waals surface area contributed by atoms with Crippen molar-refractivity contribution in [2.45, 2.75) is 38.2 Å². The molecule has 1 aliphatic rings. The lowest BCUT2D eigenvalue weighted by Gasteiger charge is -2.22. The van der Waals surface area contributed by atoms with Crippen molar-refractivity contribution in [3.63, 3.8) is 0 Å². The van der Waals surface area contributed by atoms with Crippen LogP contribution in [0.25, 0.3) is 0 Å². The van der Waals surface area contributed by atoms with Crippen LogP contribution < -0.4 is 0 Å². The van der Waals surface area contributed by atoms with Gasteiger partial charge in [0, 0.05) is 13.0 Å². The van der Waals surface area contributed by atoms with Crippen molar-refractivity contribution in [3.05, 3.63) is 0 Å². The molecule has 2 amide bonds. The molecule has 1 unspecified atom stereocenters. The molecule has 0 radical (unpaired) electrons. The van der Waals surface area contributed by atoms with Crippen LogP contribution in [0.5, 0.6) is 0 Å². The molecule has 1 rings (SSSR count). The summed E-state index contributed by atoms with van der Waals surface area (Å²) in [7, 11) is 0. The van der Waals surface area contributed by atoms with E-state index in [9.17, 15) is 14.4 Å². The van der Waals surface area contributed by atoms with Gasteiger partial charge >= 0.3 is 0 Å². The monoisotopic (exact) mass is 227 g/mol. The van der Waals surface area contributed by atoms with Crippen molar-refractivity contribution in [2.24, 2.45) is 0 Å². The van der Waals surface area contributed by atoms with Gasteiger partial charge in [-0.25, -0.2) is 0 Å². The van der Waals surface area contributed by atoms with Crippen molar-refractivity contribution in [3.8, 4) is 0 Å². The number of rotatable bonds is 7. The second-order valence-electron chi connectivity index (χ2n) is 3.95. The molecule has 0 aromatic rings. The third kappa shape index (κ3) is 4.53. The Morgan fingerprint density at radius 1 is 1.31 bits per heavy atom. The first-order chi connectivity index (χ1) is 7.76. The van der Waals surface area contributed by atoms with Gasteiger partial charge in [-0.15, -0.1) is 0 Å². The van der Waals surface area contributed by atoms with E-state index in [2.05, 4.69) is 0 Å². The lowest BCUT2D eigenvalue weighted by atomic mass is 10.0. The summed E-state index contributed by atoms with van der Waals surface area (Å²) in [6.07, 6.45) is 5.18. The van der Waals surface area contributed by atoms with Gasteiger partial charge in [0.2, 0.25) is 12.8 Å². The van der Waals surface area contributed by atoms with Crippen molar-refractivity contribution in [2.75, 3.05) is 13.2 Å². The van der Waals surface area contributed by atoms with Crippen LogP contribution >= 0.6 is 0 Å². The van der Waals surface area contributed by atoms with E-state index in [-0.39, 0.29) is 18.4 Å². The number of carbonyl (C=O) groups excluding carboxylic acids is 3. The zero-order valence-corrected chi connectivity index (χ0v) is 9.26. The molecule has 90 valence electrons. The van der Waals surface area contributed by atoms with Crippen molar-refractivity contribution in [1.82, 2.24) is 4.90 Å². The molecule has 0 aromatic heterocycles. The van der Waals surface area contributed by atoms with Crippen LogP contribution in [0.2, 0.25) is 0 Å². The van der Waals surface area contributed by atoms with E-state index in [1.165, 1.54) is 0 Å². The predicted octanol–water partition coefficient (Wildman–Crippen LogP) is 0.520. The predicted molar refractivity (Wildman–Crippen MR) is 56.7 cm³/mol. The number of carbonyl (C=O) groups is 3. The third-order valence-corrected chi connectivity index (χ3v) is 2.65. The van der Waals surface area contributed by atoms with Crippen molar-refractivity contribution < 1.29 is 19.1 Å². The molecule has 0 saturated carbocycles. The van der Waals surface area contributed by atoms with Crippen LogP contribution in [0.1, 0.15) is 32.1 Å². The number of hydrogen-bond acceptors (Lipinski definition) is 4. The van der Waals surface area contributed by atoms with Gasteiger partial charge in [-0.1, -0.05) is 0 Å². The summed E-state index contributed by atoms with van der Waals surface area (Å²) in [5, 5.41) is 0. The number of ketones is 1. The maximum atomic E-state index is 11.4. The zero-order chi connectivity index (χ0) is 11.8.